The molecule has 0 spiro atoms. The average Bonchev–Trinajstić information content (AvgIpc) is 2.87. The molecule has 5 heteroatoms. The molecule has 144 valence electrons. The van der Waals surface area contributed by atoms with E-state index in [4.69, 9.17) is 0 Å². The molecule has 28 heavy (non-hydrogen) atoms. The Kier molecular flexibility index (Phi) is 5.38. The zero-order valence-corrected chi connectivity index (χ0v) is 17.1. The molecular formula is C23H24N2O2S. The molecule has 0 aliphatic carbocycles. The van der Waals surface area contributed by atoms with E-state index in [0.717, 1.165) is 45.0 Å². The van der Waals surface area contributed by atoms with Crippen molar-refractivity contribution in [2.24, 2.45) is 0 Å². The van der Waals surface area contributed by atoms with Gasteiger partial charge in [-0.15, -0.1) is 0 Å². The Labute approximate surface area is 170 Å². The van der Waals surface area contributed by atoms with Gasteiger partial charge in [-0.3, -0.25) is 14.5 Å². The lowest BCUT2D eigenvalue weighted by Gasteiger charge is -2.20. The van der Waals surface area contributed by atoms with E-state index < -0.39 is 0 Å². The predicted molar refractivity (Wildman–Crippen MR) is 113 cm³/mol. The van der Waals surface area contributed by atoms with Crippen molar-refractivity contribution >= 4 is 34.7 Å². The van der Waals surface area contributed by atoms with Gasteiger partial charge < -0.3 is 4.90 Å². The van der Waals surface area contributed by atoms with Crippen molar-refractivity contribution in [1.82, 2.24) is 9.80 Å². The smallest absolute Gasteiger partial charge is 0.233 e. The number of fused-ring (bicyclic) bond motifs is 4. The molecule has 2 aromatic rings. The molecule has 0 N–H and O–H groups in total. The summed E-state index contributed by atoms with van der Waals surface area (Å²) in [6.07, 6.45) is 1.34. The Morgan fingerprint density at radius 1 is 0.857 bits per heavy atom. The third kappa shape index (κ3) is 3.64. The van der Waals surface area contributed by atoms with Crippen LogP contribution in [0.15, 0.2) is 58.3 Å². The number of amides is 2. The Bertz CT molecular complexity index is 895. The van der Waals surface area contributed by atoms with Crippen LogP contribution in [0.2, 0.25) is 0 Å². The summed E-state index contributed by atoms with van der Waals surface area (Å²) in [6.45, 7) is 1.33. The van der Waals surface area contributed by atoms with Gasteiger partial charge in [0.15, 0.2) is 0 Å². The molecule has 0 aromatic heterocycles. The molecule has 0 bridgehead atoms. The molecule has 2 amide bonds. The summed E-state index contributed by atoms with van der Waals surface area (Å²) in [5.74, 6) is -0.180. The van der Waals surface area contributed by atoms with Gasteiger partial charge in [0.1, 0.15) is 0 Å². The van der Waals surface area contributed by atoms with Crippen LogP contribution in [0.1, 0.15) is 30.4 Å². The first-order chi connectivity index (χ1) is 13.5. The van der Waals surface area contributed by atoms with E-state index in [1.165, 1.54) is 4.90 Å². The number of benzene rings is 2. The number of imide groups is 1. The number of rotatable bonds is 4. The largest absolute Gasteiger partial charge is 0.309 e. The lowest BCUT2D eigenvalue weighted by Crippen LogP contribution is -2.37. The van der Waals surface area contributed by atoms with Crippen molar-refractivity contribution in [3.8, 4) is 0 Å². The molecule has 0 fully saturated rings. The molecule has 2 aliphatic heterocycles. The highest BCUT2D eigenvalue weighted by atomic mass is 32.2. The minimum absolute atomic E-state index is 0.0899. The summed E-state index contributed by atoms with van der Waals surface area (Å²) in [4.78, 5) is 31.9. The maximum absolute atomic E-state index is 13.0. The highest BCUT2D eigenvalue weighted by Gasteiger charge is 2.32. The molecule has 2 heterocycles. The van der Waals surface area contributed by atoms with Gasteiger partial charge in [-0.25, -0.2) is 0 Å². The molecule has 0 saturated carbocycles. The summed E-state index contributed by atoms with van der Waals surface area (Å²) in [7, 11) is 4.00. The number of hydrogen-bond acceptors (Lipinski definition) is 4. The summed E-state index contributed by atoms with van der Waals surface area (Å²) >= 11 is 1.71. The zero-order valence-electron chi connectivity index (χ0n) is 16.3. The maximum Gasteiger partial charge on any atom is 0.233 e. The number of hydrogen-bond donors (Lipinski definition) is 0. The quantitative estimate of drug-likeness (QED) is 0.733. The maximum atomic E-state index is 13.0. The van der Waals surface area contributed by atoms with Crippen LogP contribution in [-0.2, 0) is 9.59 Å². The summed E-state index contributed by atoms with van der Waals surface area (Å²) in [6, 6.07) is 16.4. The van der Waals surface area contributed by atoms with Crippen LogP contribution in [-0.4, -0.2) is 48.8 Å². The standard InChI is InChI=1S/C23H24N2O2S/c1-24(2)12-7-13-25-22(26)14-18-16-8-3-5-10-20(16)28-21-11-6-4-9-17(21)19(18)15-23(25)27/h3-6,8-11H,7,12-15H2,1-2H3. The van der Waals surface area contributed by atoms with Gasteiger partial charge in [0.2, 0.25) is 11.8 Å². The van der Waals surface area contributed by atoms with Crippen LogP contribution in [0.25, 0.3) is 11.1 Å². The lowest BCUT2D eigenvalue weighted by molar-refractivity contribution is -0.143. The first kappa shape index (κ1) is 19.0. The van der Waals surface area contributed by atoms with Crippen LogP contribution < -0.4 is 0 Å². The molecule has 0 unspecified atom stereocenters. The molecule has 4 rings (SSSR count). The van der Waals surface area contributed by atoms with Crippen LogP contribution in [0.5, 0.6) is 0 Å². The van der Waals surface area contributed by atoms with Gasteiger partial charge in [0, 0.05) is 16.3 Å². The topological polar surface area (TPSA) is 40.6 Å². The SMILES string of the molecule is CN(C)CCCN1C(=O)CC2=C(CC1=O)c1ccccc1Sc1ccccc12. The van der Waals surface area contributed by atoms with Crippen molar-refractivity contribution in [3.63, 3.8) is 0 Å². The van der Waals surface area contributed by atoms with Crippen molar-refractivity contribution in [2.75, 3.05) is 27.2 Å². The van der Waals surface area contributed by atoms with Gasteiger partial charge in [-0.05, 0) is 61.5 Å². The number of nitrogens with zero attached hydrogens (tertiary/aromatic N) is 2. The van der Waals surface area contributed by atoms with E-state index in [1.54, 1.807) is 11.8 Å². The molecule has 0 atom stereocenters. The Hall–Kier alpha value is -2.37. The van der Waals surface area contributed by atoms with Crippen molar-refractivity contribution < 1.29 is 9.59 Å². The van der Waals surface area contributed by atoms with Gasteiger partial charge >= 0.3 is 0 Å². The minimum Gasteiger partial charge on any atom is -0.309 e. The highest BCUT2D eigenvalue weighted by molar-refractivity contribution is 7.99. The average molecular weight is 393 g/mol. The van der Waals surface area contributed by atoms with Crippen LogP contribution >= 0.6 is 11.8 Å². The van der Waals surface area contributed by atoms with Gasteiger partial charge in [-0.1, -0.05) is 48.2 Å². The molecule has 0 saturated heterocycles. The fourth-order valence-electron chi connectivity index (χ4n) is 3.88. The van der Waals surface area contributed by atoms with Gasteiger partial charge in [-0.2, -0.15) is 0 Å². The molecule has 0 radical (unpaired) electrons. The van der Waals surface area contributed by atoms with E-state index in [9.17, 15) is 9.59 Å². The fourth-order valence-corrected chi connectivity index (χ4v) is 5.02. The number of carbonyl (C=O) groups excluding carboxylic acids is 2. The third-order valence-corrected chi connectivity index (χ3v) is 6.41. The normalized spacial score (nSPS) is 16.5. The molecular weight excluding hydrogens is 368 g/mol. The van der Waals surface area contributed by atoms with E-state index in [-0.39, 0.29) is 24.7 Å². The Morgan fingerprint density at radius 2 is 1.36 bits per heavy atom. The second-order valence-corrected chi connectivity index (χ2v) is 8.58. The monoisotopic (exact) mass is 392 g/mol. The second-order valence-electron chi connectivity index (χ2n) is 7.50. The van der Waals surface area contributed by atoms with E-state index >= 15 is 0 Å². The van der Waals surface area contributed by atoms with Crippen LogP contribution in [0.3, 0.4) is 0 Å². The fraction of sp³-hybridized carbons (Fsp3) is 0.304. The zero-order chi connectivity index (χ0) is 19.7. The third-order valence-electron chi connectivity index (χ3n) is 5.25. The minimum atomic E-state index is -0.0899. The van der Waals surface area contributed by atoms with Gasteiger partial charge in [0.25, 0.3) is 0 Å². The lowest BCUT2D eigenvalue weighted by atomic mass is 9.91. The molecule has 4 nitrogen and oxygen atoms in total. The number of carbonyl (C=O) groups is 2. The first-order valence-electron chi connectivity index (χ1n) is 9.61. The molecule has 2 aliphatic rings. The predicted octanol–water partition coefficient (Wildman–Crippen LogP) is 4.16. The van der Waals surface area contributed by atoms with E-state index in [2.05, 4.69) is 29.2 Å². The van der Waals surface area contributed by atoms with Crippen molar-refractivity contribution in [3.05, 3.63) is 59.7 Å². The van der Waals surface area contributed by atoms with Crippen LogP contribution in [0, 0.1) is 0 Å². The Balaban J connectivity index is 1.76. The summed E-state index contributed by atoms with van der Waals surface area (Å²) < 4.78 is 0. The summed E-state index contributed by atoms with van der Waals surface area (Å²) in [5, 5.41) is 0. The van der Waals surface area contributed by atoms with Crippen molar-refractivity contribution in [1.29, 1.82) is 0 Å². The molecule has 2 aromatic carbocycles. The second kappa shape index (κ2) is 7.94. The van der Waals surface area contributed by atoms with E-state index in [0.29, 0.717) is 6.54 Å². The van der Waals surface area contributed by atoms with Gasteiger partial charge in [0.05, 0.1) is 12.8 Å². The summed E-state index contributed by atoms with van der Waals surface area (Å²) in [5.41, 5.74) is 4.16. The van der Waals surface area contributed by atoms with Crippen LogP contribution in [0.4, 0.5) is 0 Å². The first-order valence-corrected chi connectivity index (χ1v) is 10.4. The van der Waals surface area contributed by atoms with E-state index in [1.807, 2.05) is 38.4 Å². The highest BCUT2D eigenvalue weighted by Crippen LogP contribution is 2.47. The Morgan fingerprint density at radius 3 is 1.86 bits per heavy atom. The van der Waals surface area contributed by atoms with Crippen molar-refractivity contribution in [2.45, 2.75) is 29.1 Å².